The third-order valence-electron chi connectivity index (χ3n) is 2.87. The zero-order valence-corrected chi connectivity index (χ0v) is 11.9. The van der Waals surface area contributed by atoms with Crippen molar-refractivity contribution in [3.63, 3.8) is 0 Å². The van der Waals surface area contributed by atoms with Gasteiger partial charge in [-0.25, -0.2) is 22.5 Å². The van der Waals surface area contributed by atoms with Gasteiger partial charge >= 0.3 is 0 Å². The number of rotatable bonds is 4. The van der Waals surface area contributed by atoms with E-state index >= 15 is 0 Å². The Labute approximate surface area is 116 Å². The van der Waals surface area contributed by atoms with Crippen LogP contribution in [-0.4, -0.2) is 18.0 Å². The highest BCUT2D eigenvalue weighted by molar-refractivity contribution is 7.89. The lowest BCUT2D eigenvalue weighted by atomic mass is 10.1. The Balaban J connectivity index is 2.32. The van der Waals surface area contributed by atoms with Crippen molar-refractivity contribution < 1.29 is 12.8 Å². The molecule has 0 aliphatic rings. The van der Waals surface area contributed by atoms with E-state index in [0.29, 0.717) is 0 Å². The number of anilines is 1. The summed E-state index contributed by atoms with van der Waals surface area (Å²) in [7, 11) is -2.36. The van der Waals surface area contributed by atoms with Crippen LogP contribution in [0.15, 0.2) is 35.6 Å². The van der Waals surface area contributed by atoms with Crippen molar-refractivity contribution in [1.82, 2.24) is 14.3 Å². The van der Waals surface area contributed by atoms with E-state index in [4.69, 9.17) is 5.73 Å². The number of halogens is 1. The number of aryl methyl sites for hydroxylation is 1. The number of sulfonamides is 1. The van der Waals surface area contributed by atoms with E-state index in [9.17, 15) is 12.8 Å². The molecular weight excluding hydrogens is 283 g/mol. The molecule has 0 aliphatic carbocycles. The Morgan fingerprint density at radius 1 is 1.40 bits per heavy atom. The van der Waals surface area contributed by atoms with E-state index in [-0.39, 0.29) is 16.4 Å². The normalized spacial score (nSPS) is 13.3. The van der Waals surface area contributed by atoms with E-state index in [1.807, 2.05) is 0 Å². The lowest BCUT2D eigenvalue weighted by molar-refractivity contribution is 0.544. The summed E-state index contributed by atoms with van der Waals surface area (Å²) in [5.41, 5.74) is 5.81. The van der Waals surface area contributed by atoms with Gasteiger partial charge in [0, 0.05) is 18.7 Å². The van der Waals surface area contributed by atoms with Gasteiger partial charge in [0.1, 0.15) is 5.82 Å². The molecule has 2 rings (SSSR count). The van der Waals surface area contributed by atoms with Gasteiger partial charge in [0.15, 0.2) is 10.8 Å². The van der Waals surface area contributed by atoms with Crippen LogP contribution < -0.4 is 10.5 Å². The molecule has 2 aromatic rings. The van der Waals surface area contributed by atoms with Crippen molar-refractivity contribution in [2.24, 2.45) is 7.05 Å². The average molecular weight is 298 g/mol. The standard InChI is InChI=1S/C12H15FN4O2S/c1-8(9-5-3-4-6-10(9)13)16-20(18,19)12-11(14)15-7-17(12)2/h3-8,16H,14H2,1-2H3. The van der Waals surface area contributed by atoms with Crippen LogP contribution >= 0.6 is 0 Å². The molecule has 0 bridgehead atoms. The molecule has 1 aromatic heterocycles. The molecule has 8 heteroatoms. The fraction of sp³-hybridized carbons (Fsp3) is 0.250. The average Bonchev–Trinajstić information content (AvgIpc) is 2.69. The summed E-state index contributed by atoms with van der Waals surface area (Å²) in [5.74, 6) is -0.568. The summed E-state index contributed by atoms with van der Waals surface area (Å²) >= 11 is 0. The second-order valence-corrected chi connectivity index (χ2v) is 6.04. The van der Waals surface area contributed by atoms with Gasteiger partial charge in [0.05, 0.1) is 6.33 Å². The van der Waals surface area contributed by atoms with Crippen molar-refractivity contribution in [3.8, 4) is 0 Å². The number of nitrogens with two attached hydrogens (primary N) is 1. The maximum atomic E-state index is 13.6. The van der Waals surface area contributed by atoms with Crippen LogP contribution in [0.3, 0.4) is 0 Å². The second kappa shape index (κ2) is 5.22. The zero-order valence-electron chi connectivity index (χ0n) is 11.0. The molecule has 1 heterocycles. The molecular formula is C12H15FN4O2S. The molecule has 0 amide bonds. The number of nitrogens with one attached hydrogen (secondary N) is 1. The van der Waals surface area contributed by atoms with Gasteiger partial charge in [-0.1, -0.05) is 18.2 Å². The summed E-state index contributed by atoms with van der Waals surface area (Å²) in [6, 6.07) is 5.25. The summed E-state index contributed by atoms with van der Waals surface area (Å²) in [5, 5.41) is -0.138. The van der Waals surface area contributed by atoms with Crippen LogP contribution in [0.2, 0.25) is 0 Å². The number of benzene rings is 1. The Morgan fingerprint density at radius 2 is 2.05 bits per heavy atom. The zero-order chi connectivity index (χ0) is 14.9. The van der Waals surface area contributed by atoms with Gasteiger partial charge in [-0.05, 0) is 13.0 Å². The highest BCUT2D eigenvalue weighted by atomic mass is 32.2. The predicted molar refractivity (Wildman–Crippen MR) is 72.8 cm³/mol. The summed E-state index contributed by atoms with van der Waals surface area (Å²) < 4.78 is 41.8. The Hall–Kier alpha value is -1.93. The van der Waals surface area contributed by atoms with Crippen molar-refractivity contribution >= 4 is 15.8 Å². The minimum atomic E-state index is -3.88. The second-order valence-electron chi connectivity index (χ2n) is 4.41. The molecule has 6 nitrogen and oxygen atoms in total. The molecule has 20 heavy (non-hydrogen) atoms. The molecule has 3 N–H and O–H groups in total. The first kappa shape index (κ1) is 14.5. The lowest BCUT2D eigenvalue weighted by Gasteiger charge is -2.15. The van der Waals surface area contributed by atoms with E-state index in [1.165, 1.54) is 30.1 Å². The van der Waals surface area contributed by atoms with Gasteiger partial charge in [0.25, 0.3) is 10.0 Å². The van der Waals surface area contributed by atoms with E-state index in [2.05, 4.69) is 9.71 Å². The number of nitrogens with zero attached hydrogens (tertiary/aromatic N) is 2. The minimum Gasteiger partial charge on any atom is -0.381 e. The topological polar surface area (TPSA) is 90.0 Å². The molecule has 0 radical (unpaired) electrons. The predicted octanol–water partition coefficient (Wildman–Crippen LogP) is 1.18. The van der Waals surface area contributed by atoms with Gasteiger partial charge in [-0.15, -0.1) is 0 Å². The number of imidazole rings is 1. The Morgan fingerprint density at radius 3 is 2.60 bits per heavy atom. The Kier molecular flexibility index (Phi) is 3.78. The molecule has 1 aromatic carbocycles. The van der Waals surface area contributed by atoms with Crippen molar-refractivity contribution in [3.05, 3.63) is 42.0 Å². The smallest absolute Gasteiger partial charge is 0.260 e. The number of nitrogen functional groups attached to an aromatic ring is 1. The van der Waals surface area contributed by atoms with Crippen LogP contribution in [0.1, 0.15) is 18.5 Å². The molecule has 108 valence electrons. The number of aromatic nitrogens is 2. The van der Waals surface area contributed by atoms with Crippen molar-refractivity contribution in [1.29, 1.82) is 0 Å². The molecule has 0 aliphatic heterocycles. The van der Waals surface area contributed by atoms with Crippen LogP contribution in [0.4, 0.5) is 10.2 Å². The van der Waals surface area contributed by atoms with Crippen LogP contribution in [-0.2, 0) is 17.1 Å². The quantitative estimate of drug-likeness (QED) is 0.887. The summed E-state index contributed by atoms with van der Waals surface area (Å²) in [6.45, 7) is 1.56. The molecule has 1 atom stereocenters. The third kappa shape index (κ3) is 2.66. The highest BCUT2D eigenvalue weighted by Gasteiger charge is 2.25. The molecule has 0 saturated carbocycles. The first-order chi connectivity index (χ1) is 9.33. The summed E-state index contributed by atoms with van der Waals surface area (Å²) in [4.78, 5) is 3.73. The monoisotopic (exact) mass is 298 g/mol. The van der Waals surface area contributed by atoms with E-state index in [1.54, 1.807) is 19.1 Å². The summed E-state index contributed by atoms with van der Waals surface area (Å²) in [6.07, 6.45) is 1.30. The van der Waals surface area contributed by atoms with E-state index in [0.717, 1.165) is 0 Å². The highest BCUT2D eigenvalue weighted by Crippen LogP contribution is 2.21. The first-order valence-corrected chi connectivity index (χ1v) is 7.35. The van der Waals surface area contributed by atoms with Crippen molar-refractivity contribution in [2.75, 3.05) is 5.73 Å². The Bertz CT molecular complexity index is 707. The van der Waals surface area contributed by atoms with Gasteiger partial charge in [-0.2, -0.15) is 0 Å². The fourth-order valence-corrected chi connectivity index (χ4v) is 3.40. The molecule has 0 fully saturated rings. The SMILES string of the molecule is CC(NS(=O)(=O)c1c(N)ncn1C)c1ccccc1F. The maximum Gasteiger partial charge on any atom is 0.260 e. The van der Waals surface area contributed by atoms with Crippen LogP contribution in [0.5, 0.6) is 0 Å². The van der Waals surface area contributed by atoms with Gasteiger partial charge in [0.2, 0.25) is 0 Å². The fourth-order valence-electron chi connectivity index (χ4n) is 1.94. The lowest BCUT2D eigenvalue weighted by Crippen LogP contribution is -2.29. The molecule has 0 spiro atoms. The maximum absolute atomic E-state index is 13.6. The number of hydrogen-bond donors (Lipinski definition) is 2. The van der Waals surface area contributed by atoms with E-state index < -0.39 is 21.9 Å². The van der Waals surface area contributed by atoms with Crippen LogP contribution in [0, 0.1) is 5.82 Å². The molecule has 1 unspecified atom stereocenters. The van der Waals surface area contributed by atoms with Crippen LogP contribution in [0.25, 0.3) is 0 Å². The third-order valence-corrected chi connectivity index (χ3v) is 4.54. The minimum absolute atomic E-state index is 0.0965. The first-order valence-electron chi connectivity index (χ1n) is 5.86. The van der Waals surface area contributed by atoms with Gasteiger partial charge < -0.3 is 10.3 Å². The van der Waals surface area contributed by atoms with Gasteiger partial charge in [-0.3, -0.25) is 0 Å². The molecule has 0 saturated heterocycles. The van der Waals surface area contributed by atoms with Crippen molar-refractivity contribution in [2.45, 2.75) is 18.0 Å². The largest absolute Gasteiger partial charge is 0.381 e. The number of hydrogen-bond acceptors (Lipinski definition) is 4.